The highest BCUT2D eigenvalue weighted by atomic mass is 35.5. The van der Waals surface area contributed by atoms with E-state index in [1.54, 1.807) is 13.8 Å². The van der Waals surface area contributed by atoms with Crippen molar-refractivity contribution in [3.8, 4) is 0 Å². The molecule has 2 nitrogen and oxygen atoms in total. The minimum Gasteiger partial charge on any atom is -0.305 e. The van der Waals surface area contributed by atoms with Gasteiger partial charge in [0.1, 0.15) is 5.17 Å². The molecule has 0 aromatic rings. The van der Waals surface area contributed by atoms with Crippen LogP contribution in [0.2, 0.25) is 0 Å². The average Bonchev–Trinajstić information content (AvgIpc) is 1.63. The molecule has 0 unspecified atom stereocenters. The van der Waals surface area contributed by atoms with Gasteiger partial charge < -0.3 is 5.41 Å². The highest BCUT2D eigenvalue weighted by Crippen LogP contribution is 1.96. The van der Waals surface area contributed by atoms with Gasteiger partial charge in [-0.05, 0) is 25.5 Å². The molecule has 0 saturated heterocycles. The lowest BCUT2D eigenvalue weighted by Gasteiger charge is -1.92. The van der Waals surface area contributed by atoms with Crippen molar-refractivity contribution >= 4 is 22.5 Å². The quantitative estimate of drug-likeness (QED) is 0.559. The second kappa shape index (κ2) is 3.41. The second-order valence-electron chi connectivity index (χ2n) is 1.80. The van der Waals surface area contributed by atoms with Crippen LogP contribution in [0.3, 0.4) is 0 Å². The molecule has 0 atom stereocenters. The summed E-state index contributed by atoms with van der Waals surface area (Å²) in [6.07, 6.45) is 1.45. The third kappa shape index (κ3) is 3.91. The van der Waals surface area contributed by atoms with E-state index in [9.17, 15) is 0 Å². The first kappa shape index (κ1) is 8.37. The minimum atomic E-state index is -0.0286. The molecule has 0 aliphatic heterocycles. The first-order valence-electron chi connectivity index (χ1n) is 2.52. The molecule has 0 saturated carbocycles. The van der Waals surface area contributed by atoms with Crippen LogP contribution in [-0.4, -0.2) is 10.9 Å². The lowest BCUT2D eigenvalue weighted by Crippen LogP contribution is -1.91. The van der Waals surface area contributed by atoms with Gasteiger partial charge in [0, 0.05) is 5.71 Å². The normalized spacial score (nSPS) is 11.2. The molecule has 0 fully saturated rings. The van der Waals surface area contributed by atoms with Crippen LogP contribution in [0.5, 0.6) is 0 Å². The zero-order valence-electron chi connectivity index (χ0n) is 5.46. The van der Waals surface area contributed by atoms with E-state index in [1.807, 2.05) is 0 Å². The van der Waals surface area contributed by atoms with E-state index < -0.39 is 0 Å². The van der Waals surface area contributed by atoms with Gasteiger partial charge in [-0.15, -0.1) is 0 Å². The Bertz CT molecular complexity index is 170. The number of hydrogen-bond acceptors (Lipinski definition) is 2. The summed E-state index contributed by atoms with van der Waals surface area (Å²) in [5, 5.41) is 13.9. The molecule has 0 aromatic carbocycles. The topological polar surface area (TPSA) is 47.7 Å². The molecule has 0 heterocycles. The zero-order valence-corrected chi connectivity index (χ0v) is 6.21. The maximum Gasteiger partial charge on any atom is 0.121 e. The highest BCUT2D eigenvalue weighted by molar-refractivity contribution is 6.67. The molecule has 0 aliphatic rings. The predicted molar refractivity (Wildman–Crippen MR) is 40.7 cm³/mol. The highest BCUT2D eigenvalue weighted by Gasteiger charge is 1.90. The molecule has 9 heavy (non-hydrogen) atoms. The van der Waals surface area contributed by atoms with E-state index in [0.717, 1.165) is 5.57 Å². The van der Waals surface area contributed by atoms with Gasteiger partial charge in [-0.3, -0.25) is 5.41 Å². The molecule has 3 heteroatoms. The summed E-state index contributed by atoms with van der Waals surface area (Å²) in [7, 11) is 0. The number of halogens is 1. The van der Waals surface area contributed by atoms with Crippen molar-refractivity contribution in [1.82, 2.24) is 0 Å². The van der Waals surface area contributed by atoms with Crippen molar-refractivity contribution in [3.05, 3.63) is 11.6 Å². The van der Waals surface area contributed by atoms with E-state index in [-0.39, 0.29) is 5.17 Å². The Hall–Kier alpha value is -0.630. The van der Waals surface area contributed by atoms with Crippen molar-refractivity contribution in [2.24, 2.45) is 0 Å². The molecule has 0 spiro atoms. The van der Waals surface area contributed by atoms with Crippen LogP contribution in [0.4, 0.5) is 0 Å². The summed E-state index contributed by atoms with van der Waals surface area (Å²) in [5.74, 6) is 0. The Morgan fingerprint density at radius 2 is 1.78 bits per heavy atom. The van der Waals surface area contributed by atoms with Gasteiger partial charge in [0.25, 0.3) is 0 Å². The van der Waals surface area contributed by atoms with E-state index in [0.29, 0.717) is 5.71 Å². The second-order valence-corrected chi connectivity index (χ2v) is 2.21. The van der Waals surface area contributed by atoms with Crippen LogP contribution in [0, 0.1) is 10.8 Å². The van der Waals surface area contributed by atoms with Crippen molar-refractivity contribution in [3.63, 3.8) is 0 Å². The van der Waals surface area contributed by atoms with Crippen molar-refractivity contribution < 1.29 is 0 Å². The molecule has 0 rings (SSSR count). The van der Waals surface area contributed by atoms with E-state index in [1.165, 1.54) is 6.08 Å². The van der Waals surface area contributed by atoms with E-state index >= 15 is 0 Å². The van der Waals surface area contributed by atoms with Gasteiger partial charge in [0.15, 0.2) is 0 Å². The maximum absolute atomic E-state index is 7.07. The fraction of sp³-hybridized carbons (Fsp3) is 0.333. The van der Waals surface area contributed by atoms with Gasteiger partial charge in [-0.25, -0.2) is 0 Å². The predicted octanol–water partition coefficient (Wildman–Crippen LogP) is 2.19. The van der Waals surface area contributed by atoms with Crippen LogP contribution < -0.4 is 0 Å². The number of rotatable bonds is 2. The number of allylic oxidation sites excluding steroid dienone is 2. The Balaban J connectivity index is 4.17. The fourth-order valence-corrected chi connectivity index (χ4v) is 0.462. The van der Waals surface area contributed by atoms with Gasteiger partial charge in [0.2, 0.25) is 0 Å². The van der Waals surface area contributed by atoms with Crippen LogP contribution in [0.15, 0.2) is 11.6 Å². The Morgan fingerprint density at radius 1 is 1.33 bits per heavy atom. The first-order chi connectivity index (χ1) is 4.04. The van der Waals surface area contributed by atoms with Gasteiger partial charge in [-0.2, -0.15) is 0 Å². The molecule has 2 N–H and O–H groups in total. The Morgan fingerprint density at radius 3 is 1.89 bits per heavy atom. The van der Waals surface area contributed by atoms with Crippen molar-refractivity contribution in [2.75, 3.05) is 0 Å². The molecular formula is C6H9ClN2. The standard InChI is InChI=1S/C6H9ClN2/c1-4(5(2)8)3-6(7)9/h3,8-9H,1-2H3/b4-3-,8-5?,9-6?. The van der Waals surface area contributed by atoms with Gasteiger partial charge in [0.05, 0.1) is 0 Å². The lowest BCUT2D eigenvalue weighted by atomic mass is 10.2. The van der Waals surface area contributed by atoms with Crippen LogP contribution in [0.1, 0.15) is 13.8 Å². The summed E-state index contributed by atoms with van der Waals surface area (Å²) >= 11 is 5.23. The SMILES string of the molecule is CC(=N)/C(C)=C\C(=N)Cl. The smallest absolute Gasteiger partial charge is 0.121 e. The van der Waals surface area contributed by atoms with E-state index in [2.05, 4.69) is 0 Å². The first-order valence-corrected chi connectivity index (χ1v) is 2.89. The van der Waals surface area contributed by atoms with E-state index in [4.69, 9.17) is 22.4 Å². The van der Waals surface area contributed by atoms with Crippen LogP contribution >= 0.6 is 11.6 Å². The fourth-order valence-electron chi connectivity index (χ4n) is 0.298. The van der Waals surface area contributed by atoms with Crippen LogP contribution in [0.25, 0.3) is 0 Å². The molecule has 0 aromatic heterocycles. The maximum atomic E-state index is 7.07. The molecular weight excluding hydrogens is 136 g/mol. The molecule has 0 amide bonds. The monoisotopic (exact) mass is 144 g/mol. The summed E-state index contributed by atoms with van der Waals surface area (Å²) in [6, 6.07) is 0. The number of hydrogen-bond donors (Lipinski definition) is 2. The van der Waals surface area contributed by atoms with Gasteiger partial charge >= 0.3 is 0 Å². The molecule has 50 valence electrons. The third-order valence-electron chi connectivity index (χ3n) is 0.935. The van der Waals surface area contributed by atoms with Gasteiger partial charge in [-0.1, -0.05) is 11.6 Å². The summed E-state index contributed by atoms with van der Waals surface area (Å²) in [5.41, 5.74) is 1.18. The average molecular weight is 145 g/mol. The third-order valence-corrected chi connectivity index (χ3v) is 1.04. The summed E-state index contributed by atoms with van der Waals surface area (Å²) in [4.78, 5) is 0. The molecule has 0 aliphatic carbocycles. The van der Waals surface area contributed by atoms with Crippen molar-refractivity contribution in [2.45, 2.75) is 13.8 Å². The lowest BCUT2D eigenvalue weighted by molar-refractivity contribution is 1.42. The largest absolute Gasteiger partial charge is 0.305 e. The Labute approximate surface area is 59.5 Å². The number of nitrogens with one attached hydrogen (secondary N) is 2. The molecule has 0 bridgehead atoms. The van der Waals surface area contributed by atoms with Crippen molar-refractivity contribution in [1.29, 1.82) is 10.8 Å². The Kier molecular flexibility index (Phi) is 3.17. The zero-order chi connectivity index (χ0) is 7.44. The summed E-state index contributed by atoms with van der Waals surface area (Å²) < 4.78 is 0. The molecule has 0 radical (unpaired) electrons. The minimum absolute atomic E-state index is 0.0286. The van der Waals surface area contributed by atoms with Crippen LogP contribution in [-0.2, 0) is 0 Å². The summed E-state index contributed by atoms with van der Waals surface area (Å²) in [6.45, 7) is 3.41.